The standard InChI is InChI=1S/C18H24O3S.C10H21N/c1-12(2)9-15-11-14-7-5-6-8-16(14)18(22(19,20)21)17(15)10-13(3)4;1-3-11(4-2)10-8-6-5-7-9-10/h5-8,11-13H,9-10H2,1-4H3,(H,19,20,21);10H,3-9H2,1-2H3. The highest BCUT2D eigenvalue weighted by molar-refractivity contribution is 7.86. The molecule has 186 valence electrons. The largest absolute Gasteiger partial charge is 0.301 e. The lowest BCUT2D eigenvalue weighted by molar-refractivity contribution is 0.172. The van der Waals surface area contributed by atoms with E-state index in [0.717, 1.165) is 29.0 Å². The van der Waals surface area contributed by atoms with Crippen molar-refractivity contribution in [2.24, 2.45) is 11.8 Å². The molecule has 2 aromatic rings. The summed E-state index contributed by atoms with van der Waals surface area (Å²) in [5.74, 6) is 0.730. The fourth-order valence-electron chi connectivity index (χ4n) is 5.15. The molecule has 1 aliphatic carbocycles. The van der Waals surface area contributed by atoms with E-state index in [-0.39, 0.29) is 4.90 Å². The van der Waals surface area contributed by atoms with E-state index in [1.807, 2.05) is 12.1 Å². The number of benzene rings is 2. The molecule has 0 unspecified atom stereocenters. The summed E-state index contributed by atoms with van der Waals surface area (Å²) in [7, 11) is -4.26. The molecule has 0 aliphatic heterocycles. The molecule has 0 saturated heterocycles. The van der Waals surface area contributed by atoms with Gasteiger partial charge < -0.3 is 4.90 Å². The van der Waals surface area contributed by atoms with Crippen LogP contribution in [0.15, 0.2) is 35.2 Å². The molecule has 33 heavy (non-hydrogen) atoms. The first-order valence-corrected chi connectivity index (χ1v) is 14.3. The van der Waals surface area contributed by atoms with Crippen molar-refractivity contribution in [2.75, 3.05) is 13.1 Å². The molecular formula is C28H45NO3S. The normalized spacial score (nSPS) is 15.3. The highest BCUT2D eigenvalue weighted by Crippen LogP contribution is 2.33. The summed E-state index contributed by atoms with van der Waals surface area (Å²) >= 11 is 0. The molecule has 0 spiro atoms. The number of hydrogen-bond acceptors (Lipinski definition) is 3. The second-order valence-electron chi connectivity index (χ2n) is 10.2. The zero-order valence-electron chi connectivity index (χ0n) is 21.6. The Balaban J connectivity index is 0.000000294. The predicted octanol–water partition coefficient (Wildman–Crippen LogP) is 7.14. The molecule has 5 heteroatoms. The Morgan fingerprint density at radius 3 is 2.03 bits per heavy atom. The fourth-order valence-corrected chi connectivity index (χ4v) is 6.14. The van der Waals surface area contributed by atoms with Crippen molar-refractivity contribution >= 4 is 20.9 Å². The molecule has 1 N–H and O–H groups in total. The second-order valence-corrected chi connectivity index (χ2v) is 11.6. The van der Waals surface area contributed by atoms with Gasteiger partial charge in [-0.2, -0.15) is 8.42 Å². The van der Waals surface area contributed by atoms with Crippen LogP contribution in [-0.2, 0) is 23.0 Å². The van der Waals surface area contributed by atoms with Crippen LogP contribution < -0.4 is 0 Å². The van der Waals surface area contributed by atoms with E-state index in [1.165, 1.54) is 45.2 Å². The summed E-state index contributed by atoms with van der Waals surface area (Å²) in [6.07, 6.45) is 8.72. The summed E-state index contributed by atoms with van der Waals surface area (Å²) < 4.78 is 33.9. The van der Waals surface area contributed by atoms with Crippen LogP contribution in [0.2, 0.25) is 0 Å². The van der Waals surface area contributed by atoms with E-state index in [0.29, 0.717) is 23.6 Å². The Bertz CT molecular complexity index is 972. The molecule has 0 radical (unpaired) electrons. The molecule has 3 rings (SSSR count). The van der Waals surface area contributed by atoms with Gasteiger partial charge >= 0.3 is 0 Å². The van der Waals surface area contributed by atoms with E-state index in [2.05, 4.69) is 52.5 Å². The summed E-state index contributed by atoms with van der Waals surface area (Å²) in [5.41, 5.74) is 1.79. The Hall–Kier alpha value is -1.43. The van der Waals surface area contributed by atoms with Gasteiger partial charge in [0, 0.05) is 11.4 Å². The number of fused-ring (bicyclic) bond motifs is 1. The van der Waals surface area contributed by atoms with Crippen molar-refractivity contribution in [2.45, 2.75) is 97.4 Å². The van der Waals surface area contributed by atoms with Crippen LogP contribution in [0.1, 0.15) is 84.8 Å². The smallest absolute Gasteiger partial charge is 0.295 e. The SMILES string of the molecule is CC(C)Cc1cc2ccccc2c(S(=O)(=O)O)c1CC(C)C.CCN(CC)C1CCCCC1. The van der Waals surface area contributed by atoms with Crippen molar-refractivity contribution in [3.8, 4) is 0 Å². The van der Waals surface area contributed by atoms with Gasteiger partial charge in [0.05, 0.1) is 0 Å². The van der Waals surface area contributed by atoms with Crippen LogP contribution in [-0.4, -0.2) is 37.0 Å². The summed E-state index contributed by atoms with van der Waals surface area (Å²) in [6, 6.07) is 10.3. The second kappa shape index (κ2) is 12.9. The predicted molar refractivity (Wildman–Crippen MR) is 141 cm³/mol. The molecule has 2 aromatic carbocycles. The van der Waals surface area contributed by atoms with Crippen LogP contribution in [0.4, 0.5) is 0 Å². The van der Waals surface area contributed by atoms with Crippen LogP contribution >= 0.6 is 0 Å². The molecule has 0 atom stereocenters. The lowest BCUT2D eigenvalue weighted by Crippen LogP contribution is -2.36. The lowest BCUT2D eigenvalue weighted by Gasteiger charge is -2.32. The topological polar surface area (TPSA) is 57.6 Å². The number of nitrogens with zero attached hydrogens (tertiary/aromatic N) is 1. The van der Waals surface area contributed by atoms with Crippen molar-refractivity contribution in [1.82, 2.24) is 4.90 Å². The van der Waals surface area contributed by atoms with Crippen molar-refractivity contribution in [3.63, 3.8) is 0 Å². The van der Waals surface area contributed by atoms with Crippen LogP contribution in [0.3, 0.4) is 0 Å². The third-order valence-corrected chi connectivity index (χ3v) is 7.58. The van der Waals surface area contributed by atoms with Gasteiger partial charge in [-0.1, -0.05) is 91.1 Å². The van der Waals surface area contributed by atoms with Gasteiger partial charge in [0.15, 0.2) is 0 Å². The molecule has 0 aromatic heterocycles. The van der Waals surface area contributed by atoms with Gasteiger partial charge in [-0.3, -0.25) is 4.55 Å². The van der Waals surface area contributed by atoms with Gasteiger partial charge in [-0.25, -0.2) is 0 Å². The average Bonchev–Trinajstić information content (AvgIpc) is 2.74. The zero-order valence-corrected chi connectivity index (χ0v) is 22.4. The van der Waals surface area contributed by atoms with E-state index < -0.39 is 10.1 Å². The van der Waals surface area contributed by atoms with E-state index in [4.69, 9.17) is 0 Å². The van der Waals surface area contributed by atoms with E-state index >= 15 is 0 Å². The van der Waals surface area contributed by atoms with E-state index in [1.54, 1.807) is 12.1 Å². The number of rotatable bonds is 8. The molecule has 0 bridgehead atoms. The maximum absolute atomic E-state index is 12.0. The molecule has 1 saturated carbocycles. The Kier molecular flexibility index (Phi) is 10.8. The lowest BCUT2D eigenvalue weighted by atomic mass is 9.90. The van der Waals surface area contributed by atoms with Crippen molar-refractivity contribution in [1.29, 1.82) is 0 Å². The minimum atomic E-state index is -4.26. The first-order chi connectivity index (χ1) is 15.6. The molecule has 0 amide bonds. The third-order valence-electron chi connectivity index (χ3n) is 6.60. The fraction of sp³-hybridized carbons (Fsp3) is 0.643. The Morgan fingerprint density at radius 2 is 1.52 bits per heavy atom. The zero-order chi connectivity index (χ0) is 24.6. The third kappa shape index (κ3) is 8.08. The molecule has 4 nitrogen and oxygen atoms in total. The Morgan fingerprint density at radius 1 is 0.939 bits per heavy atom. The van der Waals surface area contributed by atoms with Crippen molar-refractivity contribution < 1.29 is 13.0 Å². The monoisotopic (exact) mass is 475 g/mol. The maximum Gasteiger partial charge on any atom is 0.295 e. The summed E-state index contributed by atoms with van der Waals surface area (Å²) in [5, 5.41) is 1.46. The van der Waals surface area contributed by atoms with Gasteiger partial charge in [0.1, 0.15) is 4.90 Å². The Labute approximate surface area is 202 Å². The number of hydrogen-bond donors (Lipinski definition) is 1. The molecule has 1 fully saturated rings. The van der Waals surface area contributed by atoms with E-state index in [9.17, 15) is 13.0 Å². The van der Waals surface area contributed by atoms with Crippen LogP contribution in [0.25, 0.3) is 10.8 Å². The van der Waals surface area contributed by atoms with Gasteiger partial charge in [-0.05, 0) is 67.1 Å². The van der Waals surface area contributed by atoms with Crippen LogP contribution in [0, 0.1) is 11.8 Å². The first-order valence-electron chi connectivity index (χ1n) is 12.8. The summed E-state index contributed by atoms with van der Waals surface area (Å²) in [4.78, 5) is 2.70. The summed E-state index contributed by atoms with van der Waals surface area (Å²) in [6.45, 7) is 15.4. The highest BCUT2D eigenvalue weighted by Gasteiger charge is 2.23. The highest BCUT2D eigenvalue weighted by atomic mass is 32.2. The quantitative estimate of drug-likeness (QED) is 0.412. The molecule has 1 aliphatic rings. The van der Waals surface area contributed by atoms with Gasteiger partial charge in [0.25, 0.3) is 10.1 Å². The van der Waals surface area contributed by atoms with Gasteiger partial charge in [-0.15, -0.1) is 0 Å². The minimum Gasteiger partial charge on any atom is -0.301 e. The minimum absolute atomic E-state index is 0.0925. The maximum atomic E-state index is 12.0. The van der Waals surface area contributed by atoms with Gasteiger partial charge in [0.2, 0.25) is 0 Å². The van der Waals surface area contributed by atoms with Crippen LogP contribution in [0.5, 0.6) is 0 Å². The first kappa shape index (κ1) is 27.8. The van der Waals surface area contributed by atoms with Crippen molar-refractivity contribution in [3.05, 3.63) is 41.5 Å². The average molecular weight is 476 g/mol. The molecule has 0 heterocycles. The molecular weight excluding hydrogens is 430 g/mol.